The van der Waals surface area contributed by atoms with E-state index in [1.807, 2.05) is 18.2 Å². The summed E-state index contributed by atoms with van der Waals surface area (Å²) in [7, 11) is -2.64. The van der Waals surface area contributed by atoms with Crippen molar-refractivity contribution in [2.75, 3.05) is 17.3 Å². The largest absolute Gasteiger partial charge is 0.407 e. The van der Waals surface area contributed by atoms with E-state index in [4.69, 9.17) is 10.3 Å². The average Bonchev–Trinajstić information content (AvgIpc) is 2.88. The van der Waals surface area contributed by atoms with E-state index in [1.165, 1.54) is 22.5 Å². The molecule has 0 spiro atoms. The minimum absolute atomic E-state index is 0.110. The molecule has 0 amide bonds. The lowest BCUT2D eigenvalue weighted by molar-refractivity contribution is 0.300. The number of nitrogen functional groups attached to an aromatic ring is 1. The Balaban J connectivity index is 1.61. The van der Waals surface area contributed by atoms with E-state index in [0.29, 0.717) is 30.5 Å². The molecule has 0 unspecified atom stereocenters. The number of anilines is 3. The molecule has 3 aromatic carbocycles. The molecular formula is C28H32FN5OSi. The van der Waals surface area contributed by atoms with Crippen molar-refractivity contribution in [1.29, 1.82) is 0 Å². The van der Waals surface area contributed by atoms with Gasteiger partial charge in [0.2, 0.25) is 5.95 Å². The number of halogens is 1. The molecule has 6 nitrogen and oxygen atoms in total. The van der Waals surface area contributed by atoms with Crippen molar-refractivity contribution >= 4 is 36.1 Å². The quantitative estimate of drug-likeness (QED) is 0.174. The minimum Gasteiger partial charge on any atom is -0.407 e. The summed E-state index contributed by atoms with van der Waals surface area (Å²) in [6, 6.07) is 29.0. The number of nitrogens with two attached hydrogens (primary N) is 1. The van der Waals surface area contributed by atoms with Crippen LogP contribution in [0.3, 0.4) is 0 Å². The Kier molecular flexibility index (Phi) is 7.78. The molecule has 0 bridgehead atoms. The maximum Gasteiger partial charge on any atom is 0.261 e. The molecule has 4 N–H and O–H groups in total. The number of aromatic nitrogens is 2. The van der Waals surface area contributed by atoms with Crippen LogP contribution in [0, 0.1) is 5.82 Å². The van der Waals surface area contributed by atoms with Crippen molar-refractivity contribution in [2.24, 2.45) is 5.84 Å². The fourth-order valence-electron chi connectivity index (χ4n) is 4.51. The van der Waals surface area contributed by atoms with Crippen molar-refractivity contribution in [3.05, 3.63) is 103 Å². The van der Waals surface area contributed by atoms with E-state index in [1.54, 1.807) is 12.1 Å². The highest BCUT2D eigenvalue weighted by atomic mass is 28.4. The van der Waals surface area contributed by atoms with Gasteiger partial charge >= 0.3 is 0 Å². The topological polar surface area (TPSA) is 85.1 Å². The highest BCUT2D eigenvalue weighted by Gasteiger charge is 2.49. The number of benzene rings is 3. The molecule has 8 heteroatoms. The maximum absolute atomic E-state index is 13.3. The molecule has 0 fully saturated rings. The Hall–Kier alpha value is -3.59. The summed E-state index contributed by atoms with van der Waals surface area (Å²) in [5.41, 5.74) is 4.02. The van der Waals surface area contributed by atoms with Crippen LogP contribution in [0.25, 0.3) is 0 Å². The molecule has 0 aliphatic rings. The van der Waals surface area contributed by atoms with Crippen molar-refractivity contribution in [1.82, 2.24) is 9.97 Å². The number of hydrogen-bond acceptors (Lipinski definition) is 6. The van der Waals surface area contributed by atoms with E-state index >= 15 is 0 Å². The maximum atomic E-state index is 13.3. The van der Waals surface area contributed by atoms with Crippen LogP contribution in [0.4, 0.5) is 21.8 Å². The van der Waals surface area contributed by atoms with Crippen LogP contribution < -0.4 is 27.0 Å². The second-order valence-corrected chi connectivity index (χ2v) is 13.9. The van der Waals surface area contributed by atoms with Crippen LogP contribution >= 0.6 is 0 Å². The van der Waals surface area contributed by atoms with Gasteiger partial charge in [0.25, 0.3) is 8.32 Å². The van der Waals surface area contributed by atoms with Crippen molar-refractivity contribution in [2.45, 2.75) is 32.2 Å². The van der Waals surface area contributed by atoms with Gasteiger partial charge < -0.3 is 9.74 Å². The van der Waals surface area contributed by atoms with E-state index in [2.05, 4.69) is 90.0 Å². The van der Waals surface area contributed by atoms with Gasteiger partial charge in [0.15, 0.2) is 0 Å². The Bertz CT molecular complexity index is 1230. The van der Waals surface area contributed by atoms with Gasteiger partial charge in [-0.15, -0.1) is 0 Å². The summed E-state index contributed by atoms with van der Waals surface area (Å²) in [5.74, 6) is 6.19. The lowest BCUT2D eigenvalue weighted by Crippen LogP contribution is -2.66. The Morgan fingerprint density at radius 3 is 1.97 bits per heavy atom. The normalized spacial score (nSPS) is 11.8. The fourth-order valence-corrected chi connectivity index (χ4v) is 9.07. The van der Waals surface area contributed by atoms with Crippen LogP contribution in [0.5, 0.6) is 0 Å². The fraction of sp³-hybridized carbons (Fsp3) is 0.214. The zero-order chi connectivity index (χ0) is 25.6. The lowest BCUT2D eigenvalue weighted by Gasteiger charge is -2.43. The third-order valence-electron chi connectivity index (χ3n) is 6.12. The molecule has 0 saturated heterocycles. The summed E-state index contributed by atoms with van der Waals surface area (Å²) in [6.07, 6.45) is 0.569. The summed E-state index contributed by atoms with van der Waals surface area (Å²) in [5, 5.41) is 5.53. The first kappa shape index (κ1) is 25.5. The molecule has 0 radical (unpaired) electrons. The highest BCUT2D eigenvalue weighted by Crippen LogP contribution is 2.36. The monoisotopic (exact) mass is 501 g/mol. The zero-order valence-electron chi connectivity index (χ0n) is 20.8. The Labute approximate surface area is 212 Å². The van der Waals surface area contributed by atoms with Gasteiger partial charge in [-0.25, -0.2) is 15.2 Å². The first-order chi connectivity index (χ1) is 17.3. The number of hydrazine groups is 1. The zero-order valence-corrected chi connectivity index (χ0v) is 21.8. The Morgan fingerprint density at radius 1 is 0.861 bits per heavy atom. The molecule has 0 saturated carbocycles. The van der Waals surface area contributed by atoms with Crippen LogP contribution in [0.1, 0.15) is 26.5 Å². The van der Waals surface area contributed by atoms with Crippen LogP contribution in [0.2, 0.25) is 5.04 Å². The molecule has 186 valence electrons. The highest BCUT2D eigenvalue weighted by molar-refractivity contribution is 6.99. The summed E-state index contributed by atoms with van der Waals surface area (Å²) < 4.78 is 20.3. The standard InChI is InChI=1S/C28H32FN5OSi/c1-28(2,3)36(24-10-6-4-7-11-24,25-12-8-5-9-13-25)35-19-18-23-20-26(33-27(32-23)34-30)31-22-16-14-21(29)15-17-22/h4-17,20H,18-19,30H2,1-3H3,(H2,31,32,33,34). The van der Waals surface area contributed by atoms with E-state index in [0.717, 1.165) is 5.69 Å². The number of nitrogens with zero attached hydrogens (tertiary/aromatic N) is 2. The van der Waals surface area contributed by atoms with Gasteiger partial charge in [-0.05, 0) is 39.7 Å². The second-order valence-electron chi connectivity index (χ2n) is 9.61. The molecule has 1 heterocycles. The summed E-state index contributed by atoms with van der Waals surface area (Å²) in [4.78, 5) is 8.90. The van der Waals surface area contributed by atoms with Gasteiger partial charge in [0, 0.05) is 24.8 Å². The smallest absolute Gasteiger partial charge is 0.261 e. The van der Waals surface area contributed by atoms with Gasteiger partial charge in [-0.3, -0.25) is 5.43 Å². The molecule has 4 aromatic rings. The first-order valence-corrected chi connectivity index (χ1v) is 13.8. The minimum atomic E-state index is -2.64. The van der Waals surface area contributed by atoms with Gasteiger partial charge in [-0.1, -0.05) is 81.4 Å². The Morgan fingerprint density at radius 2 is 1.44 bits per heavy atom. The SMILES string of the molecule is CC(C)(C)[Si](OCCc1cc(Nc2ccc(F)cc2)nc(NN)n1)(c1ccccc1)c1ccccc1. The molecule has 0 aliphatic heterocycles. The molecule has 4 rings (SSSR count). The number of hydrogen-bond donors (Lipinski definition) is 3. The van der Waals surface area contributed by atoms with E-state index in [-0.39, 0.29) is 10.9 Å². The van der Waals surface area contributed by atoms with Crippen LogP contribution in [-0.4, -0.2) is 24.9 Å². The average molecular weight is 502 g/mol. The third kappa shape index (κ3) is 5.62. The lowest BCUT2D eigenvalue weighted by atomic mass is 10.2. The van der Waals surface area contributed by atoms with Gasteiger partial charge in [-0.2, -0.15) is 4.98 Å². The predicted molar refractivity (Wildman–Crippen MR) is 147 cm³/mol. The molecule has 0 atom stereocenters. The molecule has 36 heavy (non-hydrogen) atoms. The van der Waals surface area contributed by atoms with E-state index < -0.39 is 8.32 Å². The predicted octanol–water partition coefficient (Wildman–Crippen LogP) is 4.76. The number of rotatable bonds is 9. The second kappa shape index (κ2) is 11.0. The summed E-state index contributed by atoms with van der Waals surface area (Å²) >= 11 is 0. The number of nitrogens with one attached hydrogen (secondary N) is 2. The van der Waals surface area contributed by atoms with E-state index in [9.17, 15) is 4.39 Å². The summed E-state index contributed by atoms with van der Waals surface area (Å²) in [6.45, 7) is 7.24. The van der Waals surface area contributed by atoms with Crippen molar-refractivity contribution < 1.29 is 8.82 Å². The van der Waals surface area contributed by atoms with Crippen LogP contribution in [0.15, 0.2) is 91.0 Å². The molecule has 1 aromatic heterocycles. The van der Waals surface area contributed by atoms with Crippen molar-refractivity contribution in [3.8, 4) is 0 Å². The molecular weight excluding hydrogens is 469 g/mol. The van der Waals surface area contributed by atoms with Crippen molar-refractivity contribution in [3.63, 3.8) is 0 Å². The van der Waals surface area contributed by atoms with Gasteiger partial charge in [0.1, 0.15) is 11.6 Å². The van der Waals surface area contributed by atoms with Gasteiger partial charge in [0.05, 0.1) is 5.69 Å². The van der Waals surface area contributed by atoms with Crippen LogP contribution in [-0.2, 0) is 10.8 Å². The molecule has 0 aliphatic carbocycles. The third-order valence-corrected chi connectivity index (χ3v) is 11.2. The first-order valence-electron chi connectivity index (χ1n) is 11.9.